The zero-order chi connectivity index (χ0) is 25.6. The summed E-state index contributed by atoms with van der Waals surface area (Å²) in [5.74, 6) is -0.857. The normalized spacial score (nSPS) is 10.9. The molecule has 0 saturated carbocycles. The van der Waals surface area contributed by atoms with Gasteiger partial charge in [0.25, 0.3) is 0 Å². The number of hydrogen-bond donors (Lipinski definition) is 0. The Bertz CT molecular complexity index is 649. The smallest absolute Gasteiger partial charge is 0.331 e. The molecule has 0 N–H and O–H groups in total. The van der Waals surface area contributed by atoms with Crippen LogP contribution in [0.2, 0.25) is 5.28 Å². The molecule has 0 aliphatic heterocycles. The predicted octanol–water partition coefficient (Wildman–Crippen LogP) is 8.18. The molecule has 0 bridgehead atoms. The molecule has 0 saturated heterocycles. The van der Waals surface area contributed by atoms with Gasteiger partial charge in [-0.2, -0.15) is 9.97 Å². The van der Waals surface area contributed by atoms with Crippen LogP contribution in [0.15, 0.2) is 0 Å². The molecule has 200 valence electrons. The van der Waals surface area contributed by atoms with Crippen molar-refractivity contribution in [3.05, 3.63) is 5.28 Å². The van der Waals surface area contributed by atoms with Crippen LogP contribution in [0.4, 0.5) is 0 Å². The van der Waals surface area contributed by atoms with Crippen molar-refractivity contribution in [2.24, 2.45) is 0 Å². The first-order valence-electron chi connectivity index (χ1n) is 13.9. The second-order valence-corrected chi connectivity index (χ2v) is 9.61. The molecule has 35 heavy (non-hydrogen) atoms. The monoisotopic (exact) mass is 511 g/mol. The number of halogens is 1. The van der Waals surface area contributed by atoms with Gasteiger partial charge in [-0.3, -0.25) is 9.59 Å². The molecule has 0 fully saturated rings. The van der Waals surface area contributed by atoms with Gasteiger partial charge in [-0.25, -0.2) is 0 Å². The van der Waals surface area contributed by atoms with Gasteiger partial charge in [0.2, 0.25) is 5.28 Å². The van der Waals surface area contributed by atoms with E-state index >= 15 is 0 Å². The maximum Gasteiger partial charge on any atom is 0.331 e. The summed E-state index contributed by atoms with van der Waals surface area (Å²) in [4.78, 5) is 35.7. The van der Waals surface area contributed by atoms with E-state index in [1.54, 1.807) is 0 Å². The molecule has 0 amide bonds. The van der Waals surface area contributed by atoms with Crippen molar-refractivity contribution in [3.8, 4) is 12.0 Å². The van der Waals surface area contributed by atoms with E-state index in [2.05, 4.69) is 28.8 Å². The molecule has 1 aromatic heterocycles. The Kier molecular flexibility index (Phi) is 19.2. The van der Waals surface area contributed by atoms with E-state index in [9.17, 15) is 9.59 Å². The number of hydrogen-bond acceptors (Lipinski definition) is 7. The molecule has 1 aromatic rings. The summed E-state index contributed by atoms with van der Waals surface area (Å²) < 4.78 is 10.3. The van der Waals surface area contributed by atoms with Crippen molar-refractivity contribution in [1.29, 1.82) is 0 Å². The molecule has 8 heteroatoms. The second kappa shape index (κ2) is 21.5. The number of unbranched alkanes of at least 4 members (excludes halogenated alkanes) is 16. The number of carbonyl (C=O) groups is 2. The van der Waals surface area contributed by atoms with Crippen molar-refractivity contribution < 1.29 is 19.1 Å². The van der Waals surface area contributed by atoms with Gasteiger partial charge < -0.3 is 9.47 Å². The number of ether oxygens (including phenoxy) is 2. The van der Waals surface area contributed by atoms with Crippen LogP contribution in [0.3, 0.4) is 0 Å². The highest BCUT2D eigenvalue weighted by Crippen LogP contribution is 2.16. The average molecular weight is 512 g/mol. The Morgan fingerprint density at radius 1 is 0.543 bits per heavy atom. The van der Waals surface area contributed by atoms with Crippen LogP contribution in [-0.2, 0) is 9.59 Å². The second-order valence-electron chi connectivity index (χ2n) is 9.27. The lowest BCUT2D eigenvalue weighted by atomic mass is 10.1. The molecule has 1 heterocycles. The van der Waals surface area contributed by atoms with E-state index in [4.69, 9.17) is 21.1 Å². The molecular formula is C27H46ClN3O4. The largest absolute Gasteiger partial charge is 0.391 e. The highest BCUT2D eigenvalue weighted by atomic mass is 35.5. The van der Waals surface area contributed by atoms with Crippen molar-refractivity contribution in [3.63, 3.8) is 0 Å². The van der Waals surface area contributed by atoms with E-state index < -0.39 is 11.9 Å². The maximum absolute atomic E-state index is 12.1. The van der Waals surface area contributed by atoms with Crippen LogP contribution in [0.1, 0.15) is 142 Å². The Hall–Kier alpha value is -1.76. The summed E-state index contributed by atoms with van der Waals surface area (Å²) in [6.07, 6.45) is 21.6. The van der Waals surface area contributed by atoms with Gasteiger partial charge in [-0.1, -0.05) is 117 Å². The lowest BCUT2D eigenvalue weighted by Gasteiger charge is -2.06. The Labute approximate surface area is 217 Å². The molecule has 0 aromatic carbocycles. The van der Waals surface area contributed by atoms with Crippen molar-refractivity contribution in [2.45, 2.75) is 142 Å². The zero-order valence-corrected chi connectivity index (χ0v) is 22.8. The van der Waals surface area contributed by atoms with E-state index in [1.165, 1.54) is 77.0 Å². The summed E-state index contributed by atoms with van der Waals surface area (Å²) >= 11 is 5.89. The van der Waals surface area contributed by atoms with Crippen LogP contribution in [0.25, 0.3) is 0 Å². The number of esters is 2. The fraction of sp³-hybridized carbons (Fsp3) is 0.815. The van der Waals surface area contributed by atoms with Crippen molar-refractivity contribution >= 4 is 23.5 Å². The van der Waals surface area contributed by atoms with Crippen LogP contribution in [-0.4, -0.2) is 26.9 Å². The molecule has 0 spiro atoms. The van der Waals surface area contributed by atoms with E-state index in [1.807, 2.05) is 0 Å². The van der Waals surface area contributed by atoms with Crippen LogP contribution >= 0.6 is 11.6 Å². The zero-order valence-electron chi connectivity index (χ0n) is 22.0. The van der Waals surface area contributed by atoms with Gasteiger partial charge in [0.05, 0.1) is 0 Å². The van der Waals surface area contributed by atoms with Gasteiger partial charge in [-0.05, 0) is 24.4 Å². The molecule has 0 aliphatic carbocycles. The number of carbonyl (C=O) groups excluding carboxylic acids is 2. The summed E-state index contributed by atoms with van der Waals surface area (Å²) in [6, 6.07) is -0.478. The molecule has 1 rings (SSSR count). The van der Waals surface area contributed by atoms with Gasteiger partial charge in [0.15, 0.2) is 0 Å². The van der Waals surface area contributed by atoms with Crippen LogP contribution in [0, 0.1) is 0 Å². The van der Waals surface area contributed by atoms with Crippen LogP contribution < -0.4 is 9.47 Å². The highest BCUT2D eigenvalue weighted by molar-refractivity contribution is 6.28. The minimum atomic E-state index is -0.429. The van der Waals surface area contributed by atoms with Crippen molar-refractivity contribution in [1.82, 2.24) is 15.0 Å². The molecule has 0 aliphatic rings. The third kappa shape index (κ3) is 18.2. The first-order chi connectivity index (χ1) is 17.0. The number of aromatic nitrogens is 3. The molecule has 7 nitrogen and oxygen atoms in total. The van der Waals surface area contributed by atoms with Gasteiger partial charge >= 0.3 is 24.0 Å². The summed E-state index contributed by atoms with van der Waals surface area (Å²) in [5, 5.41) is -0.184. The molecule has 0 atom stereocenters. The lowest BCUT2D eigenvalue weighted by molar-refractivity contribution is -0.135. The number of rotatable bonds is 22. The average Bonchev–Trinajstić information content (AvgIpc) is 2.81. The van der Waals surface area contributed by atoms with Gasteiger partial charge in [-0.15, -0.1) is 4.98 Å². The Balaban J connectivity index is 2.21. The fourth-order valence-corrected chi connectivity index (χ4v) is 4.02. The Morgan fingerprint density at radius 3 is 1.20 bits per heavy atom. The summed E-state index contributed by atoms with van der Waals surface area (Å²) in [5.41, 5.74) is 0. The maximum atomic E-state index is 12.1. The van der Waals surface area contributed by atoms with E-state index in [-0.39, 0.29) is 30.1 Å². The number of nitrogens with zero attached hydrogens (tertiary/aromatic N) is 3. The molecular weight excluding hydrogens is 466 g/mol. The summed E-state index contributed by atoms with van der Waals surface area (Å²) in [7, 11) is 0. The lowest BCUT2D eigenvalue weighted by Crippen LogP contribution is -2.14. The third-order valence-electron chi connectivity index (χ3n) is 5.95. The predicted molar refractivity (Wildman–Crippen MR) is 140 cm³/mol. The van der Waals surface area contributed by atoms with Crippen molar-refractivity contribution in [2.75, 3.05) is 0 Å². The highest BCUT2D eigenvalue weighted by Gasteiger charge is 2.14. The van der Waals surface area contributed by atoms with E-state index in [0.717, 1.165) is 38.5 Å². The quantitative estimate of drug-likeness (QED) is 0.114. The SMILES string of the molecule is CCCCCCCCCCCC(=O)Oc1nc(Cl)nc(OC(=O)CCCCCCCCCCC)n1. The van der Waals surface area contributed by atoms with Crippen LogP contribution in [0.5, 0.6) is 12.0 Å². The van der Waals surface area contributed by atoms with Gasteiger partial charge in [0.1, 0.15) is 0 Å². The Morgan fingerprint density at radius 2 is 0.857 bits per heavy atom. The van der Waals surface area contributed by atoms with E-state index in [0.29, 0.717) is 0 Å². The standard InChI is InChI=1S/C27H46ClN3O4/c1-3-5-7-9-11-13-15-17-19-21-23(32)34-26-29-25(28)30-27(31-26)35-24(33)22-20-18-16-14-12-10-8-6-4-2/h3-22H2,1-2H3. The summed E-state index contributed by atoms with van der Waals surface area (Å²) in [6.45, 7) is 4.44. The molecule has 0 radical (unpaired) electrons. The minimum absolute atomic E-state index is 0.184. The first-order valence-corrected chi connectivity index (χ1v) is 14.3. The fourth-order valence-electron chi connectivity index (χ4n) is 3.87. The minimum Gasteiger partial charge on any atom is -0.391 e. The topological polar surface area (TPSA) is 91.3 Å². The first kappa shape index (κ1) is 31.3. The molecule has 0 unspecified atom stereocenters. The third-order valence-corrected chi connectivity index (χ3v) is 6.12. The van der Waals surface area contributed by atoms with Gasteiger partial charge in [0, 0.05) is 12.8 Å².